The lowest BCUT2D eigenvalue weighted by Crippen LogP contribution is -2.09. The summed E-state index contributed by atoms with van der Waals surface area (Å²) < 4.78 is 2.67. The Morgan fingerprint density at radius 2 is 1.00 bits per heavy atom. The third-order valence-corrected chi connectivity index (χ3v) is 9.93. The molecule has 0 radical (unpaired) electrons. The maximum atomic E-state index is 2.37. The first kappa shape index (κ1) is 25.1. The highest BCUT2D eigenvalue weighted by Gasteiger charge is 2.15. The molecule has 0 saturated heterocycles. The average Bonchev–Trinajstić information content (AvgIpc) is 3.45. The topological polar surface area (TPSA) is 3.24 Å². The molecule has 0 spiro atoms. The van der Waals surface area contributed by atoms with E-state index in [4.69, 9.17) is 0 Å². The molecule has 9 rings (SSSR count). The van der Waals surface area contributed by atoms with Crippen molar-refractivity contribution in [2.75, 3.05) is 4.90 Å². The first-order valence-electron chi connectivity index (χ1n) is 15.0. The van der Waals surface area contributed by atoms with E-state index in [-0.39, 0.29) is 0 Å². The van der Waals surface area contributed by atoms with Gasteiger partial charge in [-0.05, 0) is 104 Å². The van der Waals surface area contributed by atoms with Crippen LogP contribution < -0.4 is 4.90 Å². The number of nitrogens with zero attached hydrogens (tertiary/aromatic N) is 1. The summed E-state index contributed by atoms with van der Waals surface area (Å²) in [6.07, 6.45) is 0. The molecule has 9 aromatic rings. The summed E-state index contributed by atoms with van der Waals surface area (Å²) in [7, 11) is 0. The van der Waals surface area contributed by atoms with Gasteiger partial charge in [0, 0.05) is 37.2 Å². The van der Waals surface area contributed by atoms with E-state index >= 15 is 0 Å². The lowest BCUT2D eigenvalue weighted by Gasteiger charge is -2.26. The number of para-hydroxylation sites is 1. The Kier molecular flexibility index (Phi) is 5.75. The third kappa shape index (κ3) is 4.07. The van der Waals surface area contributed by atoms with Gasteiger partial charge in [0.25, 0.3) is 0 Å². The molecule has 0 bridgehead atoms. The molecule has 0 amide bonds. The van der Waals surface area contributed by atoms with Gasteiger partial charge < -0.3 is 4.90 Å². The molecule has 0 saturated carbocycles. The van der Waals surface area contributed by atoms with Crippen molar-refractivity contribution in [2.45, 2.75) is 0 Å². The summed E-state index contributed by atoms with van der Waals surface area (Å²) >= 11 is 1.87. The molecule has 0 aliphatic heterocycles. The highest BCUT2D eigenvalue weighted by atomic mass is 32.1. The molecule has 206 valence electrons. The van der Waals surface area contributed by atoms with Crippen LogP contribution in [-0.2, 0) is 0 Å². The van der Waals surface area contributed by atoms with Crippen molar-refractivity contribution in [3.8, 4) is 11.1 Å². The predicted molar refractivity (Wildman–Crippen MR) is 192 cm³/mol. The largest absolute Gasteiger partial charge is 0.310 e. The van der Waals surface area contributed by atoms with E-state index in [0.29, 0.717) is 0 Å². The standard InChI is InChI=1S/C42H27NS/c1-2-11-32(12-3-1)43(34-23-20-29-27-42-40(26-31(29)24-34)38-16-8-9-17-41(38)44-42)33-21-18-28(19-22-33)39-25-30-10-4-5-13-35(30)36-14-6-7-15-37(36)39/h1-27H. The minimum Gasteiger partial charge on any atom is -0.310 e. The Labute approximate surface area is 259 Å². The van der Waals surface area contributed by atoms with Crippen LogP contribution in [0.1, 0.15) is 0 Å². The predicted octanol–water partition coefficient (Wildman–Crippen LogP) is 12.7. The van der Waals surface area contributed by atoms with Crippen LogP contribution >= 0.6 is 11.3 Å². The second-order valence-electron chi connectivity index (χ2n) is 11.4. The van der Waals surface area contributed by atoms with E-state index in [2.05, 4.69) is 169 Å². The smallest absolute Gasteiger partial charge is 0.0468 e. The van der Waals surface area contributed by atoms with Crippen molar-refractivity contribution in [2.24, 2.45) is 0 Å². The number of benzene rings is 8. The molecule has 0 fully saturated rings. The van der Waals surface area contributed by atoms with Crippen molar-refractivity contribution >= 4 is 80.9 Å². The second kappa shape index (κ2) is 10.1. The number of anilines is 3. The van der Waals surface area contributed by atoms with Gasteiger partial charge in [-0.2, -0.15) is 0 Å². The van der Waals surface area contributed by atoms with Gasteiger partial charge in [-0.25, -0.2) is 0 Å². The number of rotatable bonds is 4. The normalized spacial score (nSPS) is 11.6. The summed E-state index contributed by atoms with van der Waals surface area (Å²) in [6, 6.07) is 59.7. The number of fused-ring (bicyclic) bond motifs is 7. The number of hydrogen-bond donors (Lipinski definition) is 0. The van der Waals surface area contributed by atoms with Crippen LogP contribution in [0.15, 0.2) is 164 Å². The van der Waals surface area contributed by atoms with Crippen LogP contribution in [0.3, 0.4) is 0 Å². The Morgan fingerprint density at radius 3 is 1.84 bits per heavy atom. The van der Waals surface area contributed by atoms with E-state index in [9.17, 15) is 0 Å². The SMILES string of the molecule is c1ccc(N(c2ccc(-c3cc4ccccc4c4ccccc34)cc2)c2ccc3cc4sc5ccccc5c4cc3c2)cc1. The van der Waals surface area contributed by atoms with Crippen LogP contribution in [0.5, 0.6) is 0 Å². The molecule has 1 heterocycles. The summed E-state index contributed by atoms with van der Waals surface area (Å²) in [6.45, 7) is 0. The van der Waals surface area contributed by atoms with E-state index in [1.165, 1.54) is 63.6 Å². The molecule has 1 nitrogen and oxygen atoms in total. The van der Waals surface area contributed by atoms with Crippen LogP contribution in [0.25, 0.3) is 63.6 Å². The van der Waals surface area contributed by atoms with Crippen LogP contribution in [-0.4, -0.2) is 0 Å². The van der Waals surface area contributed by atoms with Gasteiger partial charge in [0.2, 0.25) is 0 Å². The quantitative estimate of drug-likeness (QED) is 0.188. The van der Waals surface area contributed by atoms with E-state index in [0.717, 1.165) is 17.1 Å². The molecular formula is C42H27NS. The lowest BCUT2D eigenvalue weighted by molar-refractivity contribution is 1.29. The molecule has 0 aliphatic rings. The minimum atomic E-state index is 1.13. The fourth-order valence-electron chi connectivity index (χ4n) is 6.70. The average molecular weight is 578 g/mol. The Bertz CT molecular complexity index is 2490. The molecule has 0 N–H and O–H groups in total. The molecule has 0 atom stereocenters. The number of hydrogen-bond acceptors (Lipinski definition) is 2. The van der Waals surface area contributed by atoms with Crippen LogP contribution in [0.2, 0.25) is 0 Å². The zero-order valence-corrected chi connectivity index (χ0v) is 24.8. The zero-order valence-electron chi connectivity index (χ0n) is 23.9. The third-order valence-electron chi connectivity index (χ3n) is 8.80. The van der Waals surface area contributed by atoms with Gasteiger partial charge in [-0.15, -0.1) is 11.3 Å². The van der Waals surface area contributed by atoms with E-state index in [1.807, 2.05) is 11.3 Å². The molecule has 0 aliphatic carbocycles. The highest BCUT2D eigenvalue weighted by molar-refractivity contribution is 7.25. The molecule has 44 heavy (non-hydrogen) atoms. The fraction of sp³-hybridized carbons (Fsp3) is 0. The van der Waals surface area contributed by atoms with Crippen molar-refractivity contribution in [1.29, 1.82) is 0 Å². The Hall–Kier alpha value is -5.44. The van der Waals surface area contributed by atoms with Crippen LogP contribution in [0, 0.1) is 0 Å². The van der Waals surface area contributed by atoms with Crippen molar-refractivity contribution in [3.63, 3.8) is 0 Å². The summed E-state index contributed by atoms with van der Waals surface area (Å²) in [4.78, 5) is 2.36. The summed E-state index contributed by atoms with van der Waals surface area (Å²) in [5, 5.41) is 10.3. The maximum Gasteiger partial charge on any atom is 0.0468 e. The Morgan fingerprint density at radius 1 is 0.341 bits per heavy atom. The molecular weight excluding hydrogens is 551 g/mol. The van der Waals surface area contributed by atoms with Gasteiger partial charge >= 0.3 is 0 Å². The van der Waals surface area contributed by atoms with E-state index in [1.54, 1.807) is 0 Å². The minimum absolute atomic E-state index is 1.13. The molecule has 8 aromatic carbocycles. The zero-order chi connectivity index (χ0) is 29.0. The van der Waals surface area contributed by atoms with Gasteiger partial charge in [0.1, 0.15) is 0 Å². The molecule has 1 aromatic heterocycles. The molecule has 0 unspecified atom stereocenters. The fourth-order valence-corrected chi connectivity index (χ4v) is 7.84. The first-order chi connectivity index (χ1) is 21.8. The summed E-state index contributed by atoms with van der Waals surface area (Å²) in [5.74, 6) is 0. The highest BCUT2D eigenvalue weighted by Crippen LogP contribution is 2.41. The van der Waals surface area contributed by atoms with E-state index < -0.39 is 0 Å². The Balaban J connectivity index is 1.18. The van der Waals surface area contributed by atoms with Crippen molar-refractivity contribution in [3.05, 3.63) is 164 Å². The van der Waals surface area contributed by atoms with Crippen LogP contribution in [0.4, 0.5) is 17.1 Å². The van der Waals surface area contributed by atoms with Gasteiger partial charge in [-0.3, -0.25) is 0 Å². The van der Waals surface area contributed by atoms with Crippen molar-refractivity contribution in [1.82, 2.24) is 0 Å². The lowest BCUT2D eigenvalue weighted by atomic mass is 9.93. The first-order valence-corrected chi connectivity index (χ1v) is 15.8. The van der Waals surface area contributed by atoms with Gasteiger partial charge in [-0.1, -0.05) is 103 Å². The second-order valence-corrected chi connectivity index (χ2v) is 12.5. The summed E-state index contributed by atoms with van der Waals surface area (Å²) in [5.41, 5.74) is 5.89. The maximum absolute atomic E-state index is 2.37. The van der Waals surface area contributed by atoms with Gasteiger partial charge in [0.05, 0.1) is 0 Å². The van der Waals surface area contributed by atoms with Crippen molar-refractivity contribution < 1.29 is 0 Å². The molecule has 2 heteroatoms. The van der Waals surface area contributed by atoms with Gasteiger partial charge in [0.15, 0.2) is 0 Å². The monoisotopic (exact) mass is 577 g/mol. The number of thiophene rings is 1.